The lowest BCUT2D eigenvalue weighted by molar-refractivity contribution is -0.125. The third kappa shape index (κ3) is 6.74. The van der Waals surface area contributed by atoms with Crippen LogP contribution < -0.4 is 5.32 Å². The highest BCUT2D eigenvalue weighted by atomic mass is 35.5. The Morgan fingerprint density at radius 3 is 2.47 bits per heavy atom. The molecular weight excluding hydrogens is 214 g/mol. The second-order valence-electron chi connectivity index (χ2n) is 3.65. The van der Waals surface area contributed by atoms with Gasteiger partial charge in [-0.15, -0.1) is 11.6 Å². The standard InChI is InChI=1S/C11H22ClNO2/c1-4-9(5-2)11(14)13-7-6-10(12)8-15-3/h9-10H,4-8H2,1-3H3,(H,13,14). The van der Waals surface area contributed by atoms with Gasteiger partial charge < -0.3 is 10.1 Å². The minimum atomic E-state index is -0.0167. The van der Waals surface area contributed by atoms with Crippen LogP contribution in [0.2, 0.25) is 0 Å². The third-order valence-corrected chi connectivity index (χ3v) is 2.80. The molecule has 0 rings (SSSR count). The lowest BCUT2D eigenvalue weighted by Crippen LogP contribution is -2.32. The number of amides is 1. The van der Waals surface area contributed by atoms with E-state index in [0.717, 1.165) is 19.3 Å². The van der Waals surface area contributed by atoms with E-state index in [-0.39, 0.29) is 17.2 Å². The first-order valence-corrected chi connectivity index (χ1v) is 6.00. The minimum Gasteiger partial charge on any atom is -0.383 e. The number of hydrogen-bond acceptors (Lipinski definition) is 2. The molecule has 0 spiro atoms. The van der Waals surface area contributed by atoms with Crippen LogP contribution in [0, 0.1) is 5.92 Å². The van der Waals surface area contributed by atoms with Crippen molar-refractivity contribution in [3.05, 3.63) is 0 Å². The normalized spacial score (nSPS) is 12.9. The van der Waals surface area contributed by atoms with Gasteiger partial charge in [0.15, 0.2) is 0 Å². The summed E-state index contributed by atoms with van der Waals surface area (Å²) in [4.78, 5) is 11.6. The van der Waals surface area contributed by atoms with Crippen LogP contribution in [-0.2, 0) is 9.53 Å². The molecule has 1 unspecified atom stereocenters. The fourth-order valence-electron chi connectivity index (χ4n) is 1.42. The summed E-state index contributed by atoms with van der Waals surface area (Å²) in [5, 5.41) is 2.88. The van der Waals surface area contributed by atoms with E-state index in [0.29, 0.717) is 13.2 Å². The van der Waals surface area contributed by atoms with Crippen LogP contribution in [0.15, 0.2) is 0 Å². The van der Waals surface area contributed by atoms with Crippen molar-refractivity contribution in [3.63, 3.8) is 0 Å². The fourth-order valence-corrected chi connectivity index (χ4v) is 1.66. The smallest absolute Gasteiger partial charge is 0.223 e. The molecule has 0 aliphatic rings. The van der Waals surface area contributed by atoms with Gasteiger partial charge in [-0.2, -0.15) is 0 Å². The Bertz CT molecular complexity index is 172. The summed E-state index contributed by atoms with van der Waals surface area (Å²) in [6.45, 7) is 5.22. The summed E-state index contributed by atoms with van der Waals surface area (Å²) in [5.74, 6) is 0.280. The number of nitrogens with one attached hydrogen (secondary N) is 1. The summed E-state index contributed by atoms with van der Waals surface area (Å²) in [6.07, 6.45) is 2.54. The Morgan fingerprint density at radius 2 is 2.00 bits per heavy atom. The van der Waals surface area contributed by atoms with Crippen molar-refractivity contribution in [2.45, 2.75) is 38.5 Å². The molecule has 0 aromatic carbocycles. The van der Waals surface area contributed by atoms with E-state index < -0.39 is 0 Å². The fraction of sp³-hybridized carbons (Fsp3) is 0.909. The summed E-state index contributed by atoms with van der Waals surface area (Å²) in [7, 11) is 1.62. The Morgan fingerprint density at radius 1 is 1.40 bits per heavy atom. The van der Waals surface area contributed by atoms with Gasteiger partial charge in [-0.1, -0.05) is 13.8 Å². The van der Waals surface area contributed by atoms with Crippen LogP contribution >= 0.6 is 11.6 Å². The molecule has 90 valence electrons. The lowest BCUT2D eigenvalue weighted by atomic mass is 10.0. The van der Waals surface area contributed by atoms with Gasteiger partial charge in [-0.05, 0) is 19.3 Å². The molecule has 0 heterocycles. The second-order valence-corrected chi connectivity index (χ2v) is 4.26. The molecule has 1 amide bonds. The highest BCUT2D eigenvalue weighted by Crippen LogP contribution is 2.07. The number of ether oxygens (including phenoxy) is 1. The summed E-state index contributed by atoms with van der Waals surface area (Å²) < 4.78 is 4.91. The molecule has 1 N–H and O–H groups in total. The van der Waals surface area contributed by atoms with Crippen molar-refractivity contribution in [1.29, 1.82) is 0 Å². The average Bonchev–Trinajstić information content (AvgIpc) is 2.20. The summed E-state index contributed by atoms with van der Waals surface area (Å²) in [6, 6.07) is 0. The van der Waals surface area contributed by atoms with Crippen LogP contribution in [0.25, 0.3) is 0 Å². The summed E-state index contributed by atoms with van der Waals surface area (Å²) in [5.41, 5.74) is 0. The highest BCUT2D eigenvalue weighted by Gasteiger charge is 2.13. The zero-order valence-electron chi connectivity index (χ0n) is 9.88. The van der Waals surface area contributed by atoms with E-state index >= 15 is 0 Å². The van der Waals surface area contributed by atoms with Gasteiger partial charge in [-0.25, -0.2) is 0 Å². The molecular formula is C11H22ClNO2. The van der Waals surface area contributed by atoms with Crippen LogP contribution in [0.4, 0.5) is 0 Å². The van der Waals surface area contributed by atoms with Gasteiger partial charge in [0.1, 0.15) is 0 Å². The first kappa shape index (κ1) is 14.7. The van der Waals surface area contributed by atoms with Gasteiger partial charge in [-0.3, -0.25) is 4.79 Å². The minimum absolute atomic E-state index is 0.0167. The molecule has 1 atom stereocenters. The van der Waals surface area contributed by atoms with Gasteiger partial charge in [0.25, 0.3) is 0 Å². The predicted octanol–water partition coefficient (Wildman–Crippen LogP) is 2.18. The molecule has 0 saturated heterocycles. The van der Waals surface area contributed by atoms with Crippen molar-refractivity contribution in [3.8, 4) is 0 Å². The second kappa shape index (κ2) is 8.98. The van der Waals surface area contributed by atoms with E-state index in [1.807, 2.05) is 13.8 Å². The Kier molecular flexibility index (Phi) is 8.82. The van der Waals surface area contributed by atoms with Crippen molar-refractivity contribution in [2.75, 3.05) is 20.3 Å². The number of carbonyl (C=O) groups excluding carboxylic acids is 1. The van der Waals surface area contributed by atoms with E-state index in [2.05, 4.69) is 5.32 Å². The van der Waals surface area contributed by atoms with Crippen LogP contribution in [-0.4, -0.2) is 31.5 Å². The average molecular weight is 236 g/mol. The van der Waals surface area contributed by atoms with Crippen LogP contribution in [0.3, 0.4) is 0 Å². The van der Waals surface area contributed by atoms with Crippen molar-refractivity contribution in [1.82, 2.24) is 5.32 Å². The van der Waals surface area contributed by atoms with Gasteiger partial charge >= 0.3 is 0 Å². The van der Waals surface area contributed by atoms with E-state index in [9.17, 15) is 4.79 Å². The van der Waals surface area contributed by atoms with Crippen LogP contribution in [0.1, 0.15) is 33.1 Å². The van der Waals surface area contributed by atoms with E-state index in [1.165, 1.54) is 0 Å². The molecule has 0 aliphatic heterocycles. The van der Waals surface area contributed by atoms with Gasteiger partial charge in [0.2, 0.25) is 5.91 Å². The zero-order valence-corrected chi connectivity index (χ0v) is 10.6. The maximum absolute atomic E-state index is 11.6. The van der Waals surface area contributed by atoms with E-state index in [4.69, 9.17) is 16.3 Å². The van der Waals surface area contributed by atoms with Gasteiger partial charge in [0, 0.05) is 19.6 Å². The number of methoxy groups -OCH3 is 1. The molecule has 0 aliphatic carbocycles. The number of halogens is 1. The first-order valence-electron chi connectivity index (χ1n) is 5.56. The topological polar surface area (TPSA) is 38.3 Å². The lowest BCUT2D eigenvalue weighted by Gasteiger charge is -2.13. The number of hydrogen-bond donors (Lipinski definition) is 1. The molecule has 0 fully saturated rings. The number of rotatable bonds is 8. The monoisotopic (exact) mass is 235 g/mol. The molecule has 15 heavy (non-hydrogen) atoms. The van der Waals surface area contributed by atoms with Crippen LogP contribution in [0.5, 0.6) is 0 Å². The molecule has 3 nitrogen and oxygen atoms in total. The van der Waals surface area contributed by atoms with Gasteiger partial charge in [0.05, 0.1) is 12.0 Å². The Labute approximate surface area is 97.5 Å². The highest BCUT2D eigenvalue weighted by molar-refractivity contribution is 6.20. The predicted molar refractivity (Wildman–Crippen MR) is 63.2 cm³/mol. The molecule has 0 radical (unpaired) electrons. The maximum atomic E-state index is 11.6. The third-order valence-electron chi connectivity index (χ3n) is 2.46. The summed E-state index contributed by atoms with van der Waals surface area (Å²) >= 11 is 5.94. The van der Waals surface area contributed by atoms with Crippen molar-refractivity contribution < 1.29 is 9.53 Å². The molecule has 0 bridgehead atoms. The quantitative estimate of drug-likeness (QED) is 0.655. The maximum Gasteiger partial charge on any atom is 0.223 e. The Hall–Kier alpha value is -0.280. The van der Waals surface area contributed by atoms with Crippen molar-refractivity contribution >= 4 is 17.5 Å². The molecule has 0 saturated carbocycles. The first-order chi connectivity index (χ1) is 7.15. The molecule has 0 aromatic heterocycles. The largest absolute Gasteiger partial charge is 0.383 e. The van der Waals surface area contributed by atoms with E-state index in [1.54, 1.807) is 7.11 Å². The number of carbonyl (C=O) groups is 1. The molecule has 0 aromatic rings. The molecule has 4 heteroatoms. The Balaban J connectivity index is 3.62. The van der Waals surface area contributed by atoms with Crippen molar-refractivity contribution in [2.24, 2.45) is 5.92 Å². The SMILES string of the molecule is CCC(CC)C(=O)NCCC(Cl)COC. The zero-order chi connectivity index (χ0) is 11.7. The number of alkyl halides is 1.